The van der Waals surface area contributed by atoms with E-state index in [9.17, 15) is 4.39 Å². The van der Waals surface area contributed by atoms with Crippen LogP contribution in [0.3, 0.4) is 0 Å². The Kier molecular flexibility index (Phi) is 8.22. The molecule has 7 rings (SSSR count). The molecule has 2 aromatic heterocycles. The smallest absolute Gasteiger partial charge is 0.225 e. The Morgan fingerprint density at radius 3 is 2.68 bits per heavy atom. The van der Waals surface area contributed by atoms with Crippen molar-refractivity contribution in [1.82, 2.24) is 29.7 Å². The lowest BCUT2D eigenvalue weighted by Gasteiger charge is -2.35. The molecule has 6 heterocycles. The molecule has 44 heavy (non-hydrogen) atoms. The fourth-order valence-corrected chi connectivity index (χ4v) is 5.56. The van der Waals surface area contributed by atoms with Crippen LogP contribution in [0, 0.1) is 5.82 Å². The Bertz CT molecular complexity index is 1540. The summed E-state index contributed by atoms with van der Waals surface area (Å²) in [5, 5.41) is 14.7. The third-order valence-corrected chi connectivity index (χ3v) is 7.96. The summed E-state index contributed by atoms with van der Waals surface area (Å²) in [6.07, 6.45) is 7.98. The molecule has 0 N–H and O–H groups in total. The normalized spacial score (nSPS) is 23.6. The van der Waals surface area contributed by atoms with E-state index in [0.29, 0.717) is 44.4 Å². The van der Waals surface area contributed by atoms with Gasteiger partial charge in [0.1, 0.15) is 6.61 Å². The first-order chi connectivity index (χ1) is 21.6. The number of morpholine rings is 2. The average molecular weight is 604 g/mol. The standard InChI is InChI=1S/C29H34FN11O3/c1-38-17-22(15-34-38)25-16-31-27-28(35-25)41(37-36-27)19-23-18-40(7-11-43-23)29-32-13-21(14-33-29)20-2-3-26(24(30)12-20)44-10-6-39-4-8-42-9-5-39/h2-3,12-17,23,27-28H,4-11,18-19H2,1H3/t23-,27?,28?/m0/s1. The Hall–Kier alpha value is -4.34. The Balaban J connectivity index is 0.946. The van der Waals surface area contributed by atoms with E-state index < -0.39 is 5.82 Å². The van der Waals surface area contributed by atoms with Crippen molar-refractivity contribution in [3.05, 3.63) is 54.4 Å². The van der Waals surface area contributed by atoms with Gasteiger partial charge < -0.3 is 19.1 Å². The van der Waals surface area contributed by atoms with Crippen molar-refractivity contribution >= 4 is 17.9 Å². The molecule has 0 bridgehead atoms. The van der Waals surface area contributed by atoms with Crippen molar-refractivity contribution < 1.29 is 18.6 Å². The molecule has 0 radical (unpaired) electrons. The Labute approximate surface area is 253 Å². The largest absolute Gasteiger partial charge is 0.489 e. The van der Waals surface area contributed by atoms with Gasteiger partial charge in [-0.15, -0.1) is 5.11 Å². The highest BCUT2D eigenvalue weighted by Crippen LogP contribution is 2.27. The lowest BCUT2D eigenvalue weighted by molar-refractivity contribution is 0.00939. The molecule has 3 aromatic rings. The zero-order valence-corrected chi connectivity index (χ0v) is 24.4. The average Bonchev–Trinajstić information content (AvgIpc) is 3.68. The molecule has 2 saturated heterocycles. The van der Waals surface area contributed by atoms with Crippen LogP contribution in [-0.4, -0.2) is 126 Å². The number of nitrogens with zero attached hydrogens (tertiary/aromatic N) is 11. The highest BCUT2D eigenvalue weighted by molar-refractivity contribution is 6.38. The van der Waals surface area contributed by atoms with E-state index in [0.717, 1.165) is 49.7 Å². The molecule has 1 aromatic carbocycles. The molecular weight excluding hydrogens is 569 g/mol. The number of hydrogen-bond acceptors (Lipinski definition) is 13. The molecule has 2 fully saturated rings. The van der Waals surface area contributed by atoms with Crippen LogP contribution in [-0.2, 0) is 16.5 Å². The number of benzene rings is 1. The van der Waals surface area contributed by atoms with Gasteiger partial charge >= 0.3 is 0 Å². The number of halogens is 1. The first-order valence-corrected chi connectivity index (χ1v) is 14.8. The van der Waals surface area contributed by atoms with Crippen LogP contribution in [0.4, 0.5) is 10.3 Å². The molecule has 0 spiro atoms. The molecule has 0 saturated carbocycles. The lowest BCUT2D eigenvalue weighted by Crippen LogP contribution is -2.49. The third-order valence-electron chi connectivity index (χ3n) is 7.96. The molecular formula is C29H34FN11O3. The monoisotopic (exact) mass is 603 g/mol. The first kappa shape index (κ1) is 28.4. The van der Waals surface area contributed by atoms with Gasteiger partial charge in [0, 0.05) is 69.5 Å². The van der Waals surface area contributed by atoms with E-state index in [4.69, 9.17) is 19.2 Å². The van der Waals surface area contributed by atoms with Gasteiger partial charge in [-0.25, -0.2) is 19.4 Å². The number of ether oxygens (including phenoxy) is 3. The number of rotatable bonds is 9. The summed E-state index contributed by atoms with van der Waals surface area (Å²) in [5.74, 6) is 0.416. The first-order valence-electron chi connectivity index (χ1n) is 14.8. The summed E-state index contributed by atoms with van der Waals surface area (Å²) in [5.41, 5.74) is 3.06. The minimum Gasteiger partial charge on any atom is -0.489 e. The van der Waals surface area contributed by atoms with Crippen LogP contribution in [0.2, 0.25) is 0 Å². The molecule has 15 heteroatoms. The van der Waals surface area contributed by atoms with E-state index in [-0.39, 0.29) is 24.2 Å². The van der Waals surface area contributed by atoms with Gasteiger partial charge in [0.15, 0.2) is 17.7 Å². The summed E-state index contributed by atoms with van der Waals surface area (Å²) in [6.45, 7) is 6.61. The molecule has 4 aliphatic rings. The van der Waals surface area contributed by atoms with E-state index >= 15 is 0 Å². The number of aryl methyl sites for hydroxylation is 1. The lowest BCUT2D eigenvalue weighted by atomic mass is 10.1. The van der Waals surface area contributed by atoms with Gasteiger partial charge in [-0.2, -0.15) is 5.10 Å². The van der Waals surface area contributed by atoms with Crippen LogP contribution >= 0.6 is 0 Å². The quantitative estimate of drug-likeness (QED) is 0.360. The summed E-state index contributed by atoms with van der Waals surface area (Å²) in [6, 6.07) is 4.94. The second-order valence-electron chi connectivity index (χ2n) is 11.0. The van der Waals surface area contributed by atoms with E-state index in [1.165, 1.54) is 6.07 Å². The van der Waals surface area contributed by atoms with Gasteiger partial charge in [-0.05, 0) is 17.7 Å². The third kappa shape index (κ3) is 6.30. The van der Waals surface area contributed by atoms with Crippen LogP contribution in [0.1, 0.15) is 5.56 Å². The number of anilines is 1. The Morgan fingerprint density at radius 2 is 1.89 bits per heavy atom. The molecule has 4 aliphatic heterocycles. The van der Waals surface area contributed by atoms with Crippen molar-refractivity contribution in [1.29, 1.82) is 0 Å². The molecule has 3 atom stereocenters. The van der Waals surface area contributed by atoms with Crippen LogP contribution in [0.25, 0.3) is 11.1 Å². The van der Waals surface area contributed by atoms with Crippen molar-refractivity contribution in [2.75, 3.05) is 70.6 Å². The minimum atomic E-state index is -0.411. The summed E-state index contributed by atoms with van der Waals surface area (Å²) >= 11 is 0. The molecule has 230 valence electrons. The Morgan fingerprint density at radius 1 is 1.02 bits per heavy atom. The molecule has 14 nitrogen and oxygen atoms in total. The number of aromatic nitrogens is 4. The number of aliphatic imine (C=N–C) groups is 2. The van der Waals surface area contributed by atoms with Gasteiger partial charge in [0.25, 0.3) is 0 Å². The summed E-state index contributed by atoms with van der Waals surface area (Å²) in [7, 11) is 1.87. The fourth-order valence-electron chi connectivity index (χ4n) is 5.56. The maximum Gasteiger partial charge on any atom is 0.225 e. The highest BCUT2D eigenvalue weighted by atomic mass is 19.1. The van der Waals surface area contributed by atoms with Crippen molar-refractivity contribution in [2.24, 2.45) is 27.4 Å². The highest BCUT2D eigenvalue weighted by Gasteiger charge is 2.37. The zero-order valence-electron chi connectivity index (χ0n) is 24.4. The number of hydrogen-bond donors (Lipinski definition) is 0. The van der Waals surface area contributed by atoms with Crippen LogP contribution in [0.15, 0.2) is 63.3 Å². The van der Waals surface area contributed by atoms with E-state index in [1.807, 2.05) is 24.3 Å². The van der Waals surface area contributed by atoms with Crippen molar-refractivity contribution in [3.63, 3.8) is 0 Å². The maximum absolute atomic E-state index is 14.8. The topological polar surface area (TPSA) is 130 Å². The predicted octanol–water partition coefficient (Wildman–Crippen LogP) is 1.84. The van der Waals surface area contributed by atoms with Crippen molar-refractivity contribution in [3.8, 4) is 16.9 Å². The fraction of sp³-hybridized carbons (Fsp3) is 0.483. The second-order valence-corrected chi connectivity index (χ2v) is 11.0. The summed E-state index contributed by atoms with van der Waals surface area (Å²) in [4.78, 5) is 22.9. The maximum atomic E-state index is 14.8. The molecule has 0 amide bonds. The van der Waals surface area contributed by atoms with Gasteiger partial charge in [0.05, 0.1) is 50.6 Å². The molecule has 2 unspecified atom stereocenters. The molecule has 0 aliphatic carbocycles. The van der Waals surface area contributed by atoms with Gasteiger partial charge in [-0.3, -0.25) is 19.6 Å². The zero-order chi connectivity index (χ0) is 29.9. The minimum absolute atomic E-state index is 0.155. The second kappa shape index (κ2) is 12.7. The van der Waals surface area contributed by atoms with E-state index in [1.54, 1.807) is 35.6 Å². The van der Waals surface area contributed by atoms with Crippen LogP contribution < -0.4 is 9.64 Å². The SMILES string of the molecule is Cn1cc(C2=NC3C(N=C2)N=NN3C[C@@H]2CN(c3ncc(-c4ccc(OCCN5CCOCC5)c(F)c4)cn3)CCO2)cn1. The number of fused-ring (bicyclic) bond motifs is 1. The predicted molar refractivity (Wildman–Crippen MR) is 160 cm³/mol. The van der Waals surface area contributed by atoms with E-state index in [2.05, 4.69) is 40.2 Å². The summed E-state index contributed by atoms with van der Waals surface area (Å²) < 4.78 is 33.7. The van der Waals surface area contributed by atoms with Gasteiger partial charge in [0.2, 0.25) is 12.1 Å². The van der Waals surface area contributed by atoms with Gasteiger partial charge in [-0.1, -0.05) is 11.3 Å². The van der Waals surface area contributed by atoms with Crippen LogP contribution in [0.5, 0.6) is 5.75 Å². The van der Waals surface area contributed by atoms with Crippen molar-refractivity contribution in [2.45, 2.75) is 18.4 Å².